The topological polar surface area (TPSA) is 72.9 Å². The summed E-state index contributed by atoms with van der Waals surface area (Å²) in [6.45, 7) is 2.32. The summed E-state index contributed by atoms with van der Waals surface area (Å²) in [6.07, 6.45) is 4.09. The Balaban J connectivity index is 0.00000208. The molecule has 3 N–H and O–H groups in total. The molecular weight excluding hydrogens is 392 g/mol. The number of fused-ring (bicyclic) bond motifs is 1. The van der Waals surface area contributed by atoms with Crippen molar-refractivity contribution in [2.24, 2.45) is 5.73 Å². The number of hydrogen-bond donors (Lipinski definition) is 2. The maximum atomic E-state index is 12.5. The van der Waals surface area contributed by atoms with E-state index >= 15 is 0 Å². The van der Waals surface area contributed by atoms with E-state index in [1.54, 1.807) is 0 Å². The Bertz CT molecular complexity index is 731. The third-order valence-electron chi connectivity index (χ3n) is 4.18. The van der Waals surface area contributed by atoms with Crippen molar-refractivity contribution in [2.45, 2.75) is 38.6 Å². The van der Waals surface area contributed by atoms with Crippen LogP contribution in [0.5, 0.6) is 0 Å². The van der Waals surface area contributed by atoms with Gasteiger partial charge in [0, 0.05) is 28.3 Å². The quantitative estimate of drug-likeness (QED) is 0.809. The summed E-state index contributed by atoms with van der Waals surface area (Å²) in [5, 5.41) is 7.56. The SMILES string of the molecule is C[C@@H](CN)NC(=O)c1nn(-c2cccc(Br)c2)c2c1CCCC2.Cl. The van der Waals surface area contributed by atoms with Crippen molar-refractivity contribution in [1.29, 1.82) is 0 Å². The number of aromatic nitrogens is 2. The molecule has 1 atom stereocenters. The van der Waals surface area contributed by atoms with E-state index in [0.717, 1.165) is 47.1 Å². The van der Waals surface area contributed by atoms with Crippen LogP contribution in [-0.2, 0) is 12.8 Å². The molecule has 1 aliphatic carbocycles. The second-order valence-electron chi connectivity index (χ2n) is 5.98. The van der Waals surface area contributed by atoms with Gasteiger partial charge in [0.1, 0.15) is 0 Å². The molecule has 1 aliphatic rings. The monoisotopic (exact) mass is 412 g/mol. The lowest BCUT2D eigenvalue weighted by Gasteiger charge is -2.15. The molecule has 0 bridgehead atoms. The zero-order chi connectivity index (χ0) is 16.4. The Hall–Kier alpha value is -1.37. The van der Waals surface area contributed by atoms with E-state index in [2.05, 4.69) is 26.3 Å². The van der Waals surface area contributed by atoms with Crippen LogP contribution >= 0.6 is 28.3 Å². The first-order valence-electron chi connectivity index (χ1n) is 7.97. The molecule has 3 rings (SSSR count). The summed E-state index contributed by atoms with van der Waals surface area (Å²) in [4.78, 5) is 12.5. The van der Waals surface area contributed by atoms with Crippen LogP contribution in [0.3, 0.4) is 0 Å². The number of rotatable bonds is 4. The molecule has 1 amide bonds. The van der Waals surface area contributed by atoms with E-state index in [0.29, 0.717) is 12.2 Å². The van der Waals surface area contributed by atoms with Crippen LogP contribution < -0.4 is 11.1 Å². The standard InChI is InChI=1S/C17H21BrN4O.ClH/c1-11(10-19)20-17(23)16-14-7-2-3-8-15(14)22(21-16)13-6-4-5-12(18)9-13;/h4-6,9,11H,2-3,7-8,10,19H2,1H3,(H,20,23);1H/t11-;/m0./s1. The van der Waals surface area contributed by atoms with Gasteiger partial charge in [0.15, 0.2) is 5.69 Å². The van der Waals surface area contributed by atoms with E-state index in [-0.39, 0.29) is 24.4 Å². The van der Waals surface area contributed by atoms with Gasteiger partial charge in [-0.3, -0.25) is 4.79 Å². The lowest BCUT2D eigenvalue weighted by atomic mass is 9.95. The van der Waals surface area contributed by atoms with Gasteiger partial charge in [-0.05, 0) is 50.8 Å². The largest absolute Gasteiger partial charge is 0.347 e. The maximum absolute atomic E-state index is 12.5. The summed E-state index contributed by atoms with van der Waals surface area (Å²) >= 11 is 3.50. The molecule has 0 unspecified atom stereocenters. The van der Waals surface area contributed by atoms with Crippen LogP contribution in [0, 0.1) is 0 Å². The van der Waals surface area contributed by atoms with Crippen LogP contribution in [0.2, 0.25) is 0 Å². The predicted octanol–water partition coefficient (Wildman–Crippen LogP) is 3.01. The van der Waals surface area contributed by atoms with Crippen molar-refractivity contribution in [3.8, 4) is 5.69 Å². The normalized spacial score (nSPS) is 14.5. The van der Waals surface area contributed by atoms with Crippen LogP contribution in [-0.4, -0.2) is 28.3 Å². The van der Waals surface area contributed by atoms with Crippen molar-refractivity contribution in [3.05, 3.63) is 45.7 Å². The molecular formula is C17H22BrClN4O. The lowest BCUT2D eigenvalue weighted by Crippen LogP contribution is -2.38. The van der Waals surface area contributed by atoms with Gasteiger partial charge in [0.2, 0.25) is 0 Å². The third kappa shape index (κ3) is 3.82. The highest BCUT2D eigenvalue weighted by Gasteiger charge is 2.26. The maximum Gasteiger partial charge on any atom is 0.272 e. The fourth-order valence-electron chi connectivity index (χ4n) is 2.95. The minimum Gasteiger partial charge on any atom is -0.347 e. The van der Waals surface area contributed by atoms with Crippen molar-refractivity contribution < 1.29 is 4.79 Å². The van der Waals surface area contributed by atoms with Gasteiger partial charge in [0.05, 0.1) is 5.69 Å². The third-order valence-corrected chi connectivity index (χ3v) is 4.67. The number of halogens is 2. The number of carbonyl (C=O) groups excluding carboxylic acids is 1. The molecule has 130 valence electrons. The summed E-state index contributed by atoms with van der Waals surface area (Å²) in [7, 11) is 0. The molecule has 1 heterocycles. The Morgan fingerprint density at radius 3 is 2.88 bits per heavy atom. The Kier molecular flexibility index (Phi) is 6.43. The van der Waals surface area contributed by atoms with E-state index in [1.807, 2.05) is 35.9 Å². The summed E-state index contributed by atoms with van der Waals surface area (Å²) in [5.41, 5.74) is 9.35. The highest BCUT2D eigenvalue weighted by atomic mass is 79.9. The minimum atomic E-state index is -0.130. The molecule has 24 heavy (non-hydrogen) atoms. The number of amides is 1. The van der Waals surface area contributed by atoms with Crippen LogP contribution in [0.1, 0.15) is 41.5 Å². The first-order chi connectivity index (χ1) is 11.1. The molecule has 0 saturated heterocycles. The van der Waals surface area contributed by atoms with Crippen LogP contribution in [0.15, 0.2) is 28.7 Å². The summed E-state index contributed by atoms with van der Waals surface area (Å²) in [5.74, 6) is -0.130. The van der Waals surface area contributed by atoms with Gasteiger partial charge in [-0.1, -0.05) is 22.0 Å². The first kappa shape index (κ1) is 19.0. The second-order valence-corrected chi connectivity index (χ2v) is 6.90. The number of carbonyl (C=O) groups is 1. The number of nitrogens with one attached hydrogen (secondary N) is 1. The highest BCUT2D eigenvalue weighted by molar-refractivity contribution is 9.10. The average molecular weight is 414 g/mol. The fraction of sp³-hybridized carbons (Fsp3) is 0.412. The van der Waals surface area contributed by atoms with Crippen molar-refractivity contribution in [2.75, 3.05) is 6.54 Å². The van der Waals surface area contributed by atoms with E-state index < -0.39 is 0 Å². The lowest BCUT2D eigenvalue weighted by molar-refractivity contribution is 0.0935. The number of nitrogens with two attached hydrogens (primary N) is 1. The second kappa shape index (κ2) is 8.14. The molecule has 0 saturated carbocycles. The molecule has 1 aromatic carbocycles. The number of benzene rings is 1. The zero-order valence-electron chi connectivity index (χ0n) is 13.6. The van der Waals surface area contributed by atoms with Crippen molar-refractivity contribution in [3.63, 3.8) is 0 Å². The Morgan fingerprint density at radius 1 is 1.42 bits per heavy atom. The van der Waals surface area contributed by atoms with Gasteiger partial charge >= 0.3 is 0 Å². The number of nitrogens with zero attached hydrogens (tertiary/aromatic N) is 2. The van der Waals surface area contributed by atoms with Crippen LogP contribution in [0.4, 0.5) is 0 Å². The van der Waals surface area contributed by atoms with Crippen molar-refractivity contribution >= 4 is 34.2 Å². The molecule has 0 radical (unpaired) electrons. The predicted molar refractivity (Wildman–Crippen MR) is 101 cm³/mol. The van der Waals surface area contributed by atoms with Gasteiger partial charge < -0.3 is 11.1 Å². The van der Waals surface area contributed by atoms with E-state index in [4.69, 9.17) is 5.73 Å². The molecule has 0 aliphatic heterocycles. The average Bonchev–Trinajstić information content (AvgIpc) is 2.94. The summed E-state index contributed by atoms with van der Waals surface area (Å²) < 4.78 is 2.92. The van der Waals surface area contributed by atoms with Gasteiger partial charge in [0.25, 0.3) is 5.91 Å². The minimum absolute atomic E-state index is 0. The van der Waals surface area contributed by atoms with Crippen molar-refractivity contribution in [1.82, 2.24) is 15.1 Å². The first-order valence-corrected chi connectivity index (χ1v) is 8.77. The van der Waals surface area contributed by atoms with Crippen LogP contribution in [0.25, 0.3) is 5.69 Å². The zero-order valence-corrected chi connectivity index (χ0v) is 16.0. The molecule has 0 fully saturated rings. The van der Waals surface area contributed by atoms with E-state index in [9.17, 15) is 4.79 Å². The number of hydrogen-bond acceptors (Lipinski definition) is 3. The smallest absolute Gasteiger partial charge is 0.272 e. The van der Waals surface area contributed by atoms with Gasteiger partial charge in [-0.25, -0.2) is 4.68 Å². The molecule has 0 spiro atoms. The Morgan fingerprint density at radius 2 is 2.17 bits per heavy atom. The molecule has 5 nitrogen and oxygen atoms in total. The molecule has 2 aromatic rings. The summed E-state index contributed by atoms with van der Waals surface area (Å²) in [6, 6.07) is 7.93. The molecule has 7 heteroatoms. The molecule has 1 aromatic heterocycles. The van der Waals surface area contributed by atoms with E-state index in [1.165, 1.54) is 0 Å². The van der Waals surface area contributed by atoms with Gasteiger partial charge in [-0.2, -0.15) is 5.10 Å². The fourth-order valence-corrected chi connectivity index (χ4v) is 3.34. The Labute approximate surface area is 156 Å². The highest BCUT2D eigenvalue weighted by Crippen LogP contribution is 2.27. The van der Waals surface area contributed by atoms with Gasteiger partial charge in [-0.15, -0.1) is 12.4 Å².